The third-order valence-corrected chi connectivity index (χ3v) is 13.3. The van der Waals surface area contributed by atoms with Crippen LogP contribution in [0.15, 0.2) is 82.5 Å². The van der Waals surface area contributed by atoms with E-state index in [0.717, 1.165) is 16.7 Å². The molecule has 4 aliphatic rings. The number of azo groups is 1. The van der Waals surface area contributed by atoms with E-state index < -0.39 is 104 Å². The lowest BCUT2D eigenvalue weighted by Gasteiger charge is -2.50. The number of phenols is 1. The van der Waals surface area contributed by atoms with Crippen LogP contribution in [0, 0.1) is 46.8 Å². The second kappa shape index (κ2) is 14.6. The first-order valence-corrected chi connectivity index (χ1v) is 19.2. The van der Waals surface area contributed by atoms with Gasteiger partial charge in [-0.1, -0.05) is 23.3 Å². The monoisotopic (exact) mass is 887 g/mol. The summed E-state index contributed by atoms with van der Waals surface area (Å²) in [6.45, 7) is 0. The maximum Gasteiger partial charge on any atom is 0.258 e. The lowest BCUT2D eigenvalue weighted by atomic mass is 9.56. The van der Waals surface area contributed by atoms with Gasteiger partial charge in [-0.25, -0.2) is 26.9 Å². The van der Waals surface area contributed by atoms with Gasteiger partial charge in [-0.3, -0.25) is 24.1 Å². The van der Waals surface area contributed by atoms with Crippen molar-refractivity contribution in [1.82, 2.24) is 0 Å². The van der Waals surface area contributed by atoms with Crippen LogP contribution in [0.4, 0.5) is 50.4 Å². The van der Waals surface area contributed by atoms with Crippen LogP contribution in [0.25, 0.3) is 0 Å². The summed E-state index contributed by atoms with van der Waals surface area (Å²) in [6, 6.07) is 15.7. The number of hydrogen-bond donors (Lipinski definition) is 1. The van der Waals surface area contributed by atoms with Crippen molar-refractivity contribution in [1.29, 1.82) is 0 Å². The van der Waals surface area contributed by atoms with Crippen LogP contribution < -0.4 is 19.4 Å². The second-order valence-corrected chi connectivity index (χ2v) is 16.5. The summed E-state index contributed by atoms with van der Waals surface area (Å²) in [5, 5.41) is 18.7. The van der Waals surface area contributed by atoms with Crippen LogP contribution in [-0.4, -0.2) is 59.7 Å². The first kappa shape index (κ1) is 41.2. The number of alkyl halides is 2. The minimum absolute atomic E-state index is 0.0449. The average Bonchev–Trinajstić information content (AvgIpc) is 3.57. The number of carbonyl (C=O) groups is 4. The molecule has 310 valence electrons. The Kier molecular flexibility index (Phi) is 9.99. The molecule has 4 aromatic carbocycles. The third kappa shape index (κ3) is 5.81. The molecule has 1 saturated carbocycles. The molecule has 1 N–H and O–H groups in total. The Bertz CT molecular complexity index is 2590. The number of halogens is 8. The molecular formula is C41H29Cl3F5N5O6. The Morgan fingerprint density at radius 2 is 1.35 bits per heavy atom. The molecule has 2 heterocycles. The van der Waals surface area contributed by atoms with E-state index in [1.54, 1.807) is 24.3 Å². The number of allylic oxidation sites excluding steroid dienone is 2. The van der Waals surface area contributed by atoms with Crippen molar-refractivity contribution in [3.05, 3.63) is 112 Å². The fraction of sp³-hybridized carbons (Fsp3) is 0.268. The van der Waals surface area contributed by atoms with Crippen LogP contribution in [0.5, 0.6) is 11.5 Å². The fourth-order valence-corrected chi connectivity index (χ4v) is 9.87. The minimum Gasteiger partial charge on any atom is -0.503 e. The quantitative estimate of drug-likeness (QED) is 0.0373. The van der Waals surface area contributed by atoms with E-state index in [4.69, 9.17) is 39.5 Å². The molecule has 0 unspecified atom stereocenters. The van der Waals surface area contributed by atoms with Crippen molar-refractivity contribution in [2.24, 2.45) is 28.0 Å². The summed E-state index contributed by atoms with van der Waals surface area (Å²) >= 11 is 20.8. The van der Waals surface area contributed by atoms with Crippen LogP contribution in [0.2, 0.25) is 5.02 Å². The van der Waals surface area contributed by atoms with Gasteiger partial charge in [0.05, 0.1) is 41.0 Å². The van der Waals surface area contributed by atoms with Crippen molar-refractivity contribution in [2.45, 2.75) is 28.5 Å². The average molecular weight is 889 g/mol. The number of ether oxygens (including phenoxy) is 1. The van der Waals surface area contributed by atoms with Crippen LogP contribution >= 0.6 is 34.8 Å². The van der Waals surface area contributed by atoms with Crippen molar-refractivity contribution < 1.29 is 51.0 Å². The minimum atomic E-state index is -2.80. The number of anilines is 3. The van der Waals surface area contributed by atoms with E-state index in [2.05, 4.69) is 10.2 Å². The van der Waals surface area contributed by atoms with E-state index >= 15 is 8.78 Å². The first-order chi connectivity index (χ1) is 28.4. The lowest BCUT2D eigenvalue weighted by molar-refractivity contribution is -0.125. The Labute approximate surface area is 352 Å². The normalized spacial score (nSPS) is 26.1. The molecule has 0 radical (unpaired) electrons. The third-order valence-electron chi connectivity index (χ3n) is 11.6. The zero-order chi connectivity index (χ0) is 43.3. The second-order valence-electron chi connectivity index (χ2n) is 14.9. The molecule has 0 aromatic heterocycles. The highest BCUT2D eigenvalue weighted by molar-refractivity contribution is 6.58. The van der Waals surface area contributed by atoms with Gasteiger partial charge in [0.2, 0.25) is 17.6 Å². The van der Waals surface area contributed by atoms with Gasteiger partial charge in [0.15, 0.2) is 44.5 Å². The molecule has 60 heavy (non-hydrogen) atoms. The number of methoxy groups -OCH3 is 1. The van der Waals surface area contributed by atoms with Gasteiger partial charge in [0.1, 0.15) is 5.69 Å². The standard InChI is InChI=1S/C41H29Cl3F5N5O6/c1-52(2)20-8-4-18(5-9-20)50-51-19-6-10-21(11-7-19)53-36(56)23-13-12-22-24(27(23)37(53)57)16-40(43)38(58)54(34-32(48)30(46)29(45)31(47)33(34)49)39(59)41(40,44)28(22)17-14-25(42)35(55)26(15-17)60-3/h4-12,14-15,23-24,27-28,55H,13,16H2,1-3H3/t23-,24+,27-,28-,40+,41-/m0/s1. The Hall–Kier alpha value is -5.58. The summed E-state index contributed by atoms with van der Waals surface area (Å²) in [7, 11) is 4.98. The molecule has 19 heteroatoms. The molecule has 2 saturated heterocycles. The topological polar surface area (TPSA) is 132 Å². The molecule has 8 rings (SSSR count). The van der Waals surface area contributed by atoms with Crippen molar-refractivity contribution >= 4 is 86.9 Å². The molecular weight excluding hydrogens is 860 g/mol. The summed E-state index contributed by atoms with van der Waals surface area (Å²) in [6.07, 6.45) is 0.733. The highest BCUT2D eigenvalue weighted by atomic mass is 35.5. The van der Waals surface area contributed by atoms with Crippen LogP contribution in [0.1, 0.15) is 24.3 Å². The smallest absolute Gasteiger partial charge is 0.258 e. The maximum absolute atomic E-state index is 15.4. The van der Waals surface area contributed by atoms with E-state index in [9.17, 15) is 37.5 Å². The lowest BCUT2D eigenvalue weighted by Crippen LogP contribution is -2.60. The number of amides is 4. The number of hydrogen-bond acceptors (Lipinski definition) is 9. The number of nitrogens with zero attached hydrogens (tertiary/aromatic N) is 5. The van der Waals surface area contributed by atoms with Crippen molar-refractivity contribution in [3.63, 3.8) is 0 Å². The number of phenolic OH excluding ortho intramolecular Hbond substituents is 1. The molecule has 6 atom stereocenters. The molecule has 2 aliphatic heterocycles. The maximum atomic E-state index is 15.4. The van der Waals surface area contributed by atoms with Gasteiger partial charge in [0, 0.05) is 25.7 Å². The predicted octanol–water partition coefficient (Wildman–Crippen LogP) is 9.00. The number of carbonyl (C=O) groups excluding carboxylic acids is 4. The number of fused-ring (bicyclic) bond motifs is 4. The van der Waals surface area contributed by atoms with Crippen molar-refractivity contribution in [3.8, 4) is 11.5 Å². The molecule has 11 nitrogen and oxygen atoms in total. The van der Waals surface area contributed by atoms with Gasteiger partial charge in [-0.2, -0.15) is 10.2 Å². The summed E-state index contributed by atoms with van der Waals surface area (Å²) < 4.78 is 79.3. The summed E-state index contributed by atoms with van der Waals surface area (Å²) in [5.74, 6) is -23.0. The Morgan fingerprint density at radius 1 is 0.783 bits per heavy atom. The number of imide groups is 2. The van der Waals surface area contributed by atoms with Gasteiger partial charge < -0.3 is 14.7 Å². The summed E-state index contributed by atoms with van der Waals surface area (Å²) in [5.41, 5.74) is 0.354. The van der Waals surface area contributed by atoms with Gasteiger partial charge in [-0.05, 0) is 85.0 Å². The number of benzene rings is 4. The molecule has 4 aromatic rings. The van der Waals surface area contributed by atoms with E-state index in [1.165, 1.54) is 31.4 Å². The van der Waals surface area contributed by atoms with E-state index in [0.29, 0.717) is 11.4 Å². The molecule has 2 aliphatic carbocycles. The van der Waals surface area contributed by atoms with Crippen LogP contribution in [-0.2, 0) is 19.2 Å². The molecule has 0 spiro atoms. The number of aromatic hydroxyl groups is 1. The Balaban J connectivity index is 1.20. The van der Waals surface area contributed by atoms with E-state index in [1.807, 2.05) is 31.1 Å². The SMILES string of the molecule is COc1cc([C@H]2C3=CC[C@@H]4C(=O)N(c5ccc(N=Nc6ccc(N(C)C)cc6)cc5)C(=O)[C@@H]4[C@@H]3C[C@@]3(Cl)C(=O)N(c4c(F)c(F)c(F)c(F)c4F)C(=O)[C@@]23Cl)cc(Cl)c1O. The molecule has 4 amide bonds. The van der Waals surface area contributed by atoms with Gasteiger partial charge in [-0.15, -0.1) is 23.2 Å². The van der Waals surface area contributed by atoms with Crippen molar-refractivity contribution in [2.75, 3.05) is 35.9 Å². The zero-order valence-corrected chi connectivity index (χ0v) is 33.6. The van der Waals surface area contributed by atoms with Gasteiger partial charge in [0.25, 0.3) is 11.8 Å². The number of rotatable bonds is 7. The summed E-state index contributed by atoms with van der Waals surface area (Å²) in [4.78, 5) is 54.7. The largest absolute Gasteiger partial charge is 0.503 e. The highest BCUT2D eigenvalue weighted by Gasteiger charge is 2.77. The van der Waals surface area contributed by atoms with Gasteiger partial charge >= 0.3 is 0 Å². The molecule has 0 bridgehead atoms. The fourth-order valence-electron chi connectivity index (χ4n) is 8.71. The van der Waals surface area contributed by atoms with Crippen LogP contribution in [0.3, 0.4) is 0 Å². The highest BCUT2D eigenvalue weighted by Crippen LogP contribution is 2.66. The first-order valence-electron chi connectivity index (χ1n) is 18.1. The van der Waals surface area contributed by atoms with E-state index in [-0.39, 0.29) is 38.9 Å². The predicted molar refractivity (Wildman–Crippen MR) is 210 cm³/mol. The Morgan fingerprint density at radius 3 is 1.92 bits per heavy atom. The molecule has 3 fully saturated rings. The zero-order valence-electron chi connectivity index (χ0n) is 31.3.